The second kappa shape index (κ2) is 6.08. The third kappa shape index (κ3) is 3.51. The van der Waals surface area contributed by atoms with Gasteiger partial charge < -0.3 is 29.9 Å². The Hall–Kier alpha value is -1.99. The smallest absolute Gasteiger partial charge is 0.338 e. The number of esters is 1. The van der Waals surface area contributed by atoms with Crippen molar-refractivity contribution in [2.24, 2.45) is 0 Å². The van der Waals surface area contributed by atoms with E-state index in [0.717, 1.165) is 12.1 Å². The summed E-state index contributed by atoms with van der Waals surface area (Å²) in [6.07, 6.45) is -0.960. The van der Waals surface area contributed by atoms with Crippen LogP contribution < -0.4 is 0 Å². The molecule has 1 unspecified atom stereocenters. The SMILES string of the molecule is COCC(O)COC(=O)c1cc(O)c(O)c(O)c1. The molecular formula is C11H14O7. The van der Waals surface area contributed by atoms with Crippen LogP contribution in [0.5, 0.6) is 17.2 Å². The number of phenols is 3. The maximum absolute atomic E-state index is 11.5. The van der Waals surface area contributed by atoms with Crippen LogP contribution in [0.3, 0.4) is 0 Å². The van der Waals surface area contributed by atoms with Gasteiger partial charge in [0.25, 0.3) is 0 Å². The topological polar surface area (TPSA) is 116 Å². The van der Waals surface area contributed by atoms with Crippen LogP contribution in [0.2, 0.25) is 0 Å². The van der Waals surface area contributed by atoms with E-state index in [1.807, 2.05) is 0 Å². The molecule has 1 aromatic carbocycles. The molecule has 0 saturated heterocycles. The van der Waals surface area contributed by atoms with Crippen LogP contribution >= 0.6 is 0 Å². The van der Waals surface area contributed by atoms with Gasteiger partial charge >= 0.3 is 5.97 Å². The molecular weight excluding hydrogens is 244 g/mol. The second-order valence-electron chi connectivity index (χ2n) is 3.57. The van der Waals surface area contributed by atoms with E-state index in [-0.39, 0.29) is 18.8 Å². The summed E-state index contributed by atoms with van der Waals surface area (Å²) < 4.78 is 9.36. The van der Waals surface area contributed by atoms with Gasteiger partial charge in [-0.15, -0.1) is 0 Å². The highest BCUT2D eigenvalue weighted by atomic mass is 16.5. The molecule has 18 heavy (non-hydrogen) atoms. The van der Waals surface area contributed by atoms with Gasteiger partial charge in [0.1, 0.15) is 12.7 Å². The van der Waals surface area contributed by atoms with E-state index in [1.54, 1.807) is 0 Å². The number of aliphatic hydroxyl groups excluding tert-OH is 1. The normalized spacial score (nSPS) is 12.1. The fourth-order valence-electron chi connectivity index (χ4n) is 1.22. The number of carbonyl (C=O) groups excluding carboxylic acids is 1. The molecule has 1 rings (SSSR count). The molecule has 1 aromatic rings. The first-order valence-electron chi connectivity index (χ1n) is 5.04. The molecule has 7 nitrogen and oxygen atoms in total. The van der Waals surface area contributed by atoms with Gasteiger partial charge in [-0.05, 0) is 12.1 Å². The van der Waals surface area contributed by atoms with Crippen LogP contribution in [0.15, 0.2) is 12.1 Å². The molecule has 0 amide bonds. The van der Waals surface area contributed by atoms with Crippen LogP contribution in [-0.4, -0.2) is 52.8 Å². The van der Waals surface area contributed by atoms with Gasteiger partial charge in [-0.2, -0.15) is 0 Å². The summed E-state index contributed by atoms with van der Waals surface area (Å²) in [5, 5.41) is 36.8. The van der Waals surface area contributed by atoms with Gasteiger partial charge in [0.2, 0.25) is 0 Å². The summed E-state index contributed by atoms with van der Waals surface area (Å²) in [4.78, 5) is 11.5. The minimum absolute atomic E-state index is 0.0133. The van der Waals surface area contributed by atoms with Crippen molar-refractivity contribution in [3.63, 3.8) is 0 Å². The van der Waals surface area contributed by atoms with E-state index < -0.39 is 29.3 Å². The van der Waals surface area contributed by atoms with E-state index in [2.05, 4.69) is 4.74 Å². The maximum atomic E-state index is 11.5. The zero-order chi connectivity index (χ0) is 13.7. The van der Waals surface area contributed by atoms with Crippen molar-refractivity contribution in [3.05, 3.63) is 17.7 Å². The standard InChI is InChI=1S/C11H14O7/c1-17-4-7(12)5-18-11(16)6-2-8(13)10(15)9(14)3-6/h2-3,7,12-15H,4-5H2,1H3. The Balaban J connectivity index is 2.67. The first-order valence-corrected chi connectivity index (χ1v) is 5.04. The number of ether oxygens (including phenoxy) is 2. The lowest BCUT2D eigenvalue weighted by Gasteiger charge is -2.10. The lowest BCUT2D eigenvalue weighted by atomic mass is 10.2. The Bertz CT molecular complexity index is 406. The van der Waals surface area contributed by atoms with Crippen LogP contribution in [0.1, 0.15) is 10.4 Å². The molecule has 0 aromatic heterocycles. The minimum Gasteiger partial charge on any atom is -0.504 e. The Morgan fingerprint density at radius 2 is 1.78 bits per heavy atom. The number of hydrogen-bond acceptors (Lipinski definition) is 7. The summed E-state index contributed by atoms with van der Waals surface area (Å²) >= 11 is 0. The van der Waals surface area contributed by atoms with Crippen LogP contribution in [0.4, 0.5) is 0 Å². The largest absolute Gasteiger partial charge is 0.504 e. The number of aromatic hydroxyl groups is 3. The average molecular weight is 258 g/mol. The monoisotopic (exact) mass is 258 g/mol. The first kappa shape index (κ1) is 14.1. The van der Waals surface area contributed by atoms with Crippen molar-refractivity contribution in [3.8, 4) is 17.2 Å². The summed E-state index contributed by atoms with van der Waals surface area (Å²) in [6.45, 7) is -0.269. The van der Waals surface area contributed by atoms with E-state index in [1.165, 1.54) is 7.11 Å². The summed E-state index contributed by atoms with van der Waals surface area (Å²) in [5.74, 6) is -2.85. The molecule has 7 heteroatoms. The molecule has 0 bridgehead atoms. The van der Waals surface area contributed by atoms with Crippen LogP contribution in [-0.2, 0) is 9.47 Å². The van der Waals surface area contributed by atoms with E-state index >= 15 is 0 Å². The Morgan fingerprint density at radius 1 is 1.22 bits per heavy atom. The molecule has 0 saturated carbocycles. The third-order valence-corrected chi connectivity index (χ3v) is 2.07. The van der Waals surface area contributed by atoms with Gasteiger partial charge in [0.15, 0.2) is 17.2 Å². The lowest BCUT2D eigenvalue weighted by Crippen LogP contribution is -2.23. The van der Waals surface area contributed by atoms with Gasteiger partial charge in [-0.1, -0.05) is 0 Å². The quantitative estimate of drug-likeness (QED) is 0.432. The Morgan fingerprint density at radius 3 is 2.28 bits per heavy atom. The Kier molecular flexibility index (Phi) is 4.75. The minimum atomic E-state index is -0.960. The maximum Gasteiger partial charge on any atom is 0.338 e. The number of benzene rings is 1. The third-order valence-electron chi connectivity index (χ3n) is 2.07. The summed E-state index contributed by atoms with van der Waals surface area (Å²) in [7, 11) is 1.39. The summed E-state index contributed by atoms with van der Waals surface area (Å²) in [6, 6.07) is 1.89. The van der Waals surface area contributed by atoms with Crippen LogP contribution in [0.25, 0.3) is 0 Å². The molecule has 0 aliphatic heterocycles. The molecule has 0 aliphatic carbocycles. The van der Waals surface area contributed by atoms with Crippen molar-refractivity contribution in [1.82, 2.24) is 0 Å². The predicted octanol–water partition coefficient (Wildman–Crippen LogP) is -0.0325. The van der Waals surface area contributed by atoms with Gasteiger partial charge in [-0.3, -0.25) is 0 Å². The van der Waals surface area contributed by atoms with E-state index in [9.17, 15) is 20.1 Å². The highest BCUT2D eigenvalue weighted by Gasteiger charge is 2.15. The number of phenolic OH excluding ortho intramolecular Hbond substituents is 3. The number of aliphatic hydroxyl groups is 1. The van der Waals surface area contributed by atoms with Gasteiger partial charge in [0.05, 0.1) is 12.2 Å². The summed E-state index contributed by atoms with van der Waals surface area (Å²) in [5.41, 5.74) is -0.146. The van der Waals surface area contributed by atoms with Crippen molar-refractivity contribution in [2.45, 2.75) is 6.10 Å². The van der Waals surface area contributed by atoms with Crippen LogP contribution in [0, 0.1) is 0 Å². The van der Waals surface area contributed by atoms with E-state index in [4.69, 9.17) is 9.84 Å². The molecule has 0 radical (unpaired) electrons. The van der Waals surface area contributed by atoms with Crippen molar-refractivity contribution in [1.29, 1.82) is 0 Å². The van der Waals surface area contributed by atoms with Crippen molar-refractivity contribution in [2.75, 3.05) is 20.3 Å². The lowest BCUT2D eigenvalue weighted by molar-refractivity contribution is 0.000101. The molecule has 0 heterocycles. The van der Waals surface area contributed by atoms with Gasteiger partial charge in [0, 0.05) is 7.11 Å². The number of rotatable bonds is 5. The number of carbonyl (C=O) groups is 1. The molecule has 0 aliphatic rings. The molecule has 0 spiro atoms. The average Bonchev–Trinajstić information content (AvgIpc) is 2.32. The second-order valence-corrected chi connectivity index (χ2v) is 3.57. The van der Waals surface area contributed by atoms with Crippen molar-refractivity contribution >= 4 is 5.97 Å². The molecule has 1 atom stereocenters. The highest BCUT2D eigenvalue weighted by molar-refractivity contribution is 5.91. The molecule has 100 valence electrons. The Labute approximate surface area is 103 Å². The molecule has 0 fully saturated rings. The number of methoxy groups -OCH3 is 1. The number of hydrogen-bond donors (Lipinski definition) is 4. The zero-order valence-corrected chi connectivity index (χ0v) is 9.66. The van der Waals surface area contributed by atoms with E-state index in [0.29, 0.717) is 0 Å². The highest BCUT2D eigenvalue weighted by Crippen LogP contribution is 2.35. The fraction of sp³-hybridized carbons (Fsp3) is 0.364. The van der Waals surface area contributed by atoms with Gasteiger partial charge in [-0.25, -0.2) is 4.79 Å². The zero-order valence-electron chi connectivity index (χ0n) is 9.66. The fourth-order valence-corrected chi connectivity index (χ4v) is 1.22. The molecule has 4 N–H and O–H groups in total. The first-order chi connectivity index (χ1) is 8.45. The predicted molar refractivity (Wildman–Crippen MR) is 59.6 cm³/mol. The van der Waals surface area contributed by atoms with Crippen molar-refractivity contribution < 1.29 is 34.7 Å².